The van der Waals surface area contributed by atoms with Crippen LogP contribution in [0.25, 0.3) is 0 Å². The molecule has 0 aromatic heterocycles. The van der Waals surface area contributed by atoms with Gasteiger partial charge in [0.1, 0.15) is 0 Å². The molecule has 1 N–H and O–H groups in total. The van der Waals surface area contributed by atoms with Crippen LogP contribution >= 0.6 is 11.8 Å². The first-order valence-corrected chi connectivity index (χ1v) is 11.2. The number of non-ortho nitro benzene ring substituents is 1. The quantitative estimate of drug-likeness (QED) is 0.218. The molecule has 30 heavy (non-hydrogen) atoms. The number of hydrogen-bond donors (Lipinski definition) is 1. The minimum absolute atomic E-state index is 0.0712. The Morgan fingerprint density at radius 3 is 2.73 bits per heavy atom. The Morgan fingerprint density at radius 1 is 1.03 bits per heavy atom. The van der Waals surface area contributed by atoms with Gasteiger partial charge in [0.25, 0.3) is 5.69 Å². The highest BCUT2D eigenvalue weighted by Crippen LogP contribution is 2.50. The fraction of sp³-hybridized carbons (Fsp3) is 0.200. The normalized spacial score (nSPS) is 21.5. The van der Waals surface area contributed by atoms with Crippen molar-refractivity contribution in [2.24, 2.45) is 5.92 Å². The van der Waals surface area contributed by atoms with E-state index in [1.807, 2.05) is 23.9 Å². The van der Waals surface area contributed by atoms with Crippen LogP contribution in [0.15, 0.2) is 89.8 Å². The Labute approximate surface area is 180 Å². The fourth-order valence-electron chi connectivity index (χ4n) is 4.58. The Bertz CT molecular complexity index is 1110. The maximum Gasteiger partial charge on any atom is 0.269 e. The molecule has 0 spiro atoms. The molecule has 0 saturated heterocycles. The largest absolute Gasteiger partial charge is 0.378 e. The van der Waals surface area contributed by atoms with E-state index in [9.17, 15) is 10.1 Å². The van der Waals surface area contributed by atoms with Crippen molar-refractivity contribution in [3.63, 3.8) is 0 Å². The summed E-state index contributed by atoms with van der Waals surface area (Å²) in [4.78, 5) is 12.2. The lowest BCUT2D eigenvalue weighted by atomic mass is 9.76. The molecule has 0 amide bonds. The molecule has 0 bridgehead atoms. The average molecular weight is 415 g/mol. The van der Waals surface area contributed by atoms with Crippen LogP contribution in [0.4, 0.5) is 11.4 Å². The van der Waals surface area contributed by atoms with Crippen LogP contribution in [0.2, 0.25) is 0 Å². The van der Waals surface area contributed by atoms with Crippen molar-refractivity contribution in [2.75, 3.05) is 5.32 Å². The molecule has 0 radical (unpaired) electrons. The number of thioether (sulfide) groups is 1. The zero-order valence-electron chi connectivity index (χ0n) is 16.4. The predicted octanol–water partition coefficient (Wildman–Crippen LogP) is 6.71. The van der Waals surface area contributed by atoms with Gasteiger partial charge in [0.15, 0.2) is 0 Å². The second-order valence-corrected chi connectivity index (χ2v) is 8.90. The zero-order valence-corrected chi connectivity index (χ0v) is 17.2. The average Bonchev–Trinajstić information content (AvgIpc) is 3.28. The SMILES string of the molecule is O=[N+]([O-])c1cccc([C@@H]2Nc3ccc(CSc4ccccc4)cc3[C@@H]3C=CC[C@H]32)c1. The van der Waals surface area contributed by atoms with E-state index in [-0.39, 0.29) is 16.7 Å². The van der Waals surface area contributed by atoms with E-state index in [2.05, 4.69) is 59.9 Å². The zero-order chi connectivity index (χ0) is 20.5. The summed E-state index contributed by atoms with van der Waals surface area (Å²) in [6, 6.07) is 24.3. The molecule has 1 heterocycles. The molecule has 1 aliphatic heterocycles. The van der Waals surface area contributed by atoms with Crippen molar-refractivity contribution in [1.29, 1.82) is 0 Å². The van der Waals surface area contributed by atoms with E-state index >= 15 is 0 Å². The Morgan fingerprint density at radius 2 is 1.90 bits per heavy atom. The summed E-state index contributed by atoms with van der Waals surface area (Å²) in [5, 5.41) is 14.9. The first-order chi connectivity index (χ1) is 14.7. The molecule has 4 nitrogen and oxygen atoms in total. The maximum atomic E-state index is 11.2. The number of nitro benzene ring substituents is 1. The summed E-state index contributed by atoms with van der Waals surface area (Å²) >= 11 is 1.85. The third kappa shape index (κ3) is 3.61. The number of benzene rings is 3. The van der Waals surface area contributed by atoms with Crippen molar-refractivity contribution >= 4 is 23.1 Å². The fourth-order valence-corrected chi connectivity index (χ4v) is 5.44. The summed E-state index contributed by atoms with van der Waals surface area (Å²) in [7, 11) is 0. The number of allylic oxidation sites excluding steroid dienone is 2. The number of fused-ring (bicyclic) bond motifs is 3. The smallest absolute Gasteiger partial charge is 0.269 e. The van der Waals surface area contributed by atoms with E-state index in [1.54, 1.807) is 18.2 Å². The predicted molar refractivity (Wildman–Crippen MR) is 122 cm³/mol. The molecular formula is C25H22N2O2S. The molecule has 1 aliphatic carbocycles. The molecule has 0 saturated carbocycles. The van der Waals surface area contributed by atoms with E-state index < -0.39 is 0 Å². The lowest BCUT2D eigenvalue weighted by Crippen LogP contribution is -2.29. The molecule has 0 unspecified atom stereocenters. The van der Waals surface area contributed by atoms with Gasteiger partial charge in [-0.1, -0.05) is 54.6 Å². The molecule has 2 aliphatic rings. The van der Waals surface area contributed by atoms with Gasteiger partial charge in [-0.2, -0.15) is 0 Å². The van der Waals surface area contributed by atoms with Crippen molar-refractivity contribution in [1.82, 2.24) is 0 Å². The molecule has 0 fully saturated rings. The van der Waals surface area contributed by atoms with Crippen molar-refractivity contribution in [3.8, 4) is 0 Å². The highest BCUT2D eigenvalue weighted by atomic mass is 32.2. The van der Waals surface area contributed by atoms with Gasteiger partial charge in [-0.05, 0) is 47.2 Å². The third-order valence-electron chi connectivity index (χ3n) is 6.02. The number of anilines is 1. The molecule has 150 valence electrons. The highest BCUT2D eigenvalue weighted by Gasteiger charge is 2.38. The van der Waals surface area contributed by atoms with Gasteiger partial charge in [0.05, 0.1) is 11.0 Å². The molecule has 3 aromatic carbocycles. The van der Waals surface area contributed by atoms with Crippen LogP contribution in [0.3, 0.4) is 0 Å². The molecule has 5 heteroatoms. The number of nitro groups is 1. The van der Waals surface area contributed by atoms with E-state index in [0.717, 1.165) is 23.4 Å². The number of rotatable bonds is 5. The van der Waals surface area contributed by atoms with Gasteiger partial charge in [0, 0.05) is 34.4 Å². The standard InChI is InChI=1S/C25H22N2O2S/c28-27(29)19-7-4-6-18(15-19)25-22-11-5-10-21(22)23-14-17(12-13-24(23)26-25)16-30-20-8-2-1-3-9-20/h1-10,12-15,21-22,25-26H,11,16H2/t21-,22-,25+/m1/s1. The number of nitrogens with one attached hydrogen (secondary N) is 1. The van der Waals surface area contributed by atoms with Gasteiger partial charge in [-0.3, -0.25) is 10.1 Å². The summed E-state index contributed by atoms with van der Waals surface area (Å²) in [5.41, 5.74) is 4.92. The minimum atomic E-state index is -0.318. The molecule has 3 atom stereocenters. The van der Waals surface area contributed by atoms with Crippen molar-refractivity contribution < 1.29 is 4.92 Å². The lowest BCUT2D eigenvalue weighted by molar-refractivity contribution is -0.384. The second kappa shape index (κ2) is 8.00. The first kappa shape index (κ1) is 18.9. The minimum Gasteiger partial charge on any atom is -0.378 e. The van der Waals surface area contributed by atoms with Crippen LogP contribution in [-0.4, -0.2) is 4.92 Å². The number of hydrogen-bond acceptors (Lipinski definition) is 4. The van der Waals surface area contributed by atoms with Crippen LogP contribution in [0.1, 0.15) is 35.1 Å². The van der Waals surface area contributed by atoms with Gasteiger partial charge in [-0.25, -0.2) is 0 Å². The van der Waals surface area contributed by atoms with Gasteiger partial charge in [-0.15, -0.1) is 11.8 Å². The van der Waals surface area contributed by atoms with Gasteiger partial charge in [0.2, 0.25) is 0 Å². The van der Waals surface area contributed by atoms with Gasteiger partial charge < -0.3 is 5.32 Å². The summed E-state index contributed by atoms with van der Waals surface area (Å²) in [5.74, 6) is 1.65. The van der Waals surface area contributed by atoms with Crippen LogP contribution in [-0.2, 0) is 5.75 Å². The topological polar surface area (TPSA) is 55.2 Å². The third-order valence-corrected chi connectivity index (χ3v) is 7.10. The van der Waals surface area contributed by atoms with Crippen LogP contribution in [0.5, 0.6) is 0 Å². The Hall–Kier alpha value is -3.05. The number of nitrogens with zero attached hydrogens (tertiary/aromatic N) is 1. The van der Waals surface area contributed by atoms with E-state index in [1.165, 1.54) is 16.0 Å². The summed E-state index contributed by atoms with van der Waals surface area (Å²) in [6.07, 6.45) is 5.54. The van der Waals surface area contributed by atoms with Gasteiger partial charge >= 0.3 is 0 Å². The highest BCUT2D eigenvalue weighted by molar-refractivity contribution is 7.98. The van der Waals surface area contributed by atoms with Crippen molar-refractivity contribution in [2.45, 2.75) is 29.0 Å². The maximum absolute atomic E-state index is 11.2. The second-order valence-electron chi connectivity index (χ2n) is 7.85. The Kier molecular flexibility index (Phi) is 5.05. The van der Waals surface area contributed by atoms with Crippen molar-refractivity contribution in [3.05, 3.63) is 112 Å². The lowest BCUT2D eigenvalue weighted by Gasteiger charge is -2.37. The monoisotopic (exact) mass is 414 g/mol. The first-order valence-electron chi connectivity index (χ1n) is 10.2. The molecular weight excluding hydrogens is 392 g/mol. The Balaban J connectivity index is 1.42. The van der Waals surface area contributed by atoms with E-state index in [0.29, 0.717) is 11.8 Å². The molecule has 3 aromatic rings. The van der Waals surface area contributed by atoms with Crippen LogP contribution < -0.4 is 5.32 Å². The van der Waals surface area contributed by atoms with E-state index in [4.69, 9.17) is 0 Å². The summed E-state index contributed by atoms with van der Waals surface area (Å²) < 4.78 is 0. The van der Waals surface area contributed by atoms with Crippen LogP contribution in [0, 0.1) is 16.0 Å². The molecule has 5 rings (SSSR count). The summed E-state index contributed by atoms with van der Waals surface area (Å²) in [6.45, 7) is 0.